The number of nitrogens with zero attached hydrogens (tertiary/aromatic N) is 1. The average Bonchev–Trinajstić information content (AvgIpc) is 3.14. The SMILES string of the molecule is C=CC=CC=CC#N.O=C(OC1=CCC1)C1CC1. The van der Waals surface area contributed by atoms with Gasteiger partial charge in [0.15, 0.2) is 0 Å². The third-order valence-electron chi connectivity index (χ3n) is 2.43. The van der Waals surface area contributed by atoms with E-state index in [1.54, 1.807) is 24.3 Å². The monoisotopic (exact) mass is 243 g/mol. The first-order chi connectivity index (χ1) is 8.77. The predicted octanol–water partition coefficient (Wildman–Crippen LogP) is 3.43. The second-order valence-electron chi connectivity index (χ2n) is 4.01. The molecule has 0 unspecified atom stereocenters. The van der Waals surface area contributed by atoms with E-state index in [1.807, 2.05) is 12.1 Å². The summed E-state index contributed by atoms with van der Waals surface area (Å²) in [4.78, 5) is 10.9. The molecular formula is C15H17NO2. The summed E-state index contributed by atoms with van der Waals surface area (Å²) in [5.41, 5.74) is 0. The number of esters is 1. The predicted molar refractivity (Wildman–Crippen MR) is 70.2 cm³/mol. The van der Waals surface area contributed by atoms with Gasteiger partial charge in [-0.2, -0.15) is 5.26 Å². The van der Waals surface area contributed by atoms with Crippen LogP contribution in [0.25, 0.3) is 0 Å². The molecule has 0 aromatic heterocycles. The molecule has 0 spiro atoms. The second-order valence-corrected chi connectivity index (χ2v) is 4.01. The number of rotatable bonds is 4. The fraction of sp³-hybridized carbons (Fsp3) is 0.333. The Hall–Kier alpha value is -2.08. The third kappa shape index (κ3) is 5.86. The number of nitriles is 1. The van der Waals surface area contributed by atoms with Crippen LogP contribution in [0.2, 0.25) is 0 Å². The van der Waals surface area contributed by atoms with Crippen molar-refractivity contribution >= 4 is 5.97 Å². The lowest BCUT2D eigenvalue weighted by atomic mass is 10.1. The Kier molecular flexibility index (Phi) is 6.27. The summed E-state index contributed by atoms with van der Waals surface area (Å²) in [6.07, 6.45) is 14.3. The van der Waals surface area contributed by atoms with Crippen LogP contribution >= 0.6 is 0 Å². The highest BCUT2D eigenvalue weighted by molar-refractivity contribution is 5.76. The van der Waals surface area contributed by atoms with Gasteiger partial charge in [0.05, 0.1) is 12.0 Å². The summed E-state index contributed by atoms with van der Waals surface area (Å²) in [7, 11) is 0. The minimum Gasteiger partial charge on any atom is -0.431 e. The van der Waals surface area contributed by atoms with Crippen molar-refractivity contribution in [2.24, 2.45) is 5.92 Å². The average molecular weight is 243 g/mol. The van der Waals surface area contributed by atoms with Gasteiger partial charge < -0.3 is 4.74 Å². The van der Waals surface area contributed by atoms with Gasteiger partial charge in [0, 0.05) is 12.5 Å². The molecule has 0 aromatic rings. The molecule has 0 saturated heterocycles. The van der Waals surface area contributed by atoms with Gasteiger partial charge in [-0.15, -0.1) is 0 Å². The van der Waals surface area contributed by atoms with Crippen molar-refractivity contribution in [1.82, 2.24) is 0 Å². The van der Waals surface area contributed by atoms with Gasteiger partial charge in [-0.3, -0.25) is 4.79 Å². The third-order valence-corrected chi connectivity index (χ3v) is 2.43. The van der Waals surface area contributed by atoms with Crippen LogP contribution in [0.4, 0.5) is 0 Å². The summed E-state index contributed by atoms with van der Waals surface area (Å²) in [6.45, 7) is 3.45. The van der Waals surface area contributed by atoms with Crippen molar-refractivity contribution < 1.29 is 9.53 Å². The van der Waals surface area contributed by atoms with E-state index in [1.165, 1.54) is 6.08 Å². The van der Waals surface area contributed by atoms with Crippen molar-refractivity contribution in [2.45, 2.75) is 25.7 Å². The van der Waals surface area contributed by atoms with Crippen LogP contribution in [0.5, 0.6) is 0 Å². The van der Waals surface area contributed by atoms with Gasteiger partial charge in [-0.25, -0.2) is 0 Å². The summed E-state index contributed by atoms with van der Waals surface area (Å²) in [5.74, 6) is 1.12. The molecule has 3 heteroatoms. The first-order valence-corrected chi connectivity index (χ1v) is 6.02. The Balaban J connectivity index is 0.000000187. The normalized spacial score (nSPS) is 17.2. The Morgan fingerprint density at radius 1 is 1.44 bits per heavy atom. The van der Waals surface area contributed by atoms with E-state index in [4.69, 9.17) is 10.00 Å². The van der Waals surface area contributed by atoms with Crippen LogP contribution in [0, 0.1) is 17.2 Å². The molecule has 18 heavy (non-hydrogen) atoms. The summed E-state index contributed by atoms with van der Waals surface area (Å²) >= 11 is 0. The maximum absolute atomic E-state index is 10.9. The van der Waals surface area contributed by atoms with Crippen molar-refractivity contribution in [3.8, 4) is 6.07 Å². The maximum Gasteiger partial charge on any atom is 0.313 e. The van der Waals surface area contributed by atoms with E-state index < -0.39 is 0 Å². The number of hydrogen-bond acceptors (Lipinski definition) is 3. The number of allylic oxidation sites excluding steroid dienone is 7. The molecule has 0 aromatic carbocycles. The van der Waals surface area contributed by atoms with Gasteiger partial charge >= 0.3 is 5.97 Å². The Morgan fingerprint density at radius 3 is 2.61 bits per heavy atom. The molecule has 2 aliphatic rings. The van der Waals surface area contributed by atoms with E-state index in [9.17, 15) is 4.79 Å². The van der Waals surface area contributed by atoms with Crippen LogP contribution in [0.1, 0.15) is 25.7 Å². The van der Waals surface area contributed by atoms with E-state index in [-0.39, 0.29) is 11.9 Å². The zero-order chi connectivity index (χ0) is 13.2. The number of ether oxygens (including phenoxy) is 1. The Morgan fingerprint density at radius 2 is 2.17 bits per heavy atom. The lowest BCUT2D eigenvalue weighted by Crippen LogP contribution is -2.09. The molecule has 3 nitrogen and oxygen atoms in total. The smallest absolute Gasteiger partial charge is 0.313 e. The van der Waals surface area contributed by atoms with E-state index in [0.717, 1.165) is 31.4 Å². The molecule has 0 amide bonds. The maximum atomic E-state index is 10.9. The lowest BCUT2D eigenvalue weighted by molar-refractivity contribution is -0.141. The van der Waals surface area contributed by atoms with Gasteiger partial charge in [0.1, 0.15) is 5.76 Å². The fourth-order valence-corrected chi connectivity index (χ4v) is 1.13. The molecule has 0 atom stereocenters. The molecule has 1 fully saturated rings. The van der Waals surface area contributed by atoms with Crippen molar-refractivity contribution in [2.75, 3.05) is 0 Å². The molecule has 94 valence electrons. The largest absolute Gasteiger partial charge is 0.431 e. The van der Waals surface area contributed by atoms with Gasteiger partial charge in [0.2, 0.25) is 0 Å². The number of carbonyl (C=O) groups is 1. The molecule has 2 rings (SSSR count). The minimum atomic E-state index is -0.00838. The molecular weight excluding hydrogens is 226 g/mol. The van der Waals surface area contributed by atoms with Crippen LogP contribution in [0.3, 0.4) is 0 Å². The van der Waals surface area contributed by atoms with E-state index in [0.29, 0.717) is 0 Å². The van der Waals surface area contributed by atoms with Gasteiger partial charge in [0.25, 0.3) is 0 Å². The van der Waals surface area contributed by atoms with E-state index in [2.05, 4.69) is 6.58 Å². The topological polar surface area (TPSA) is 50.1 Å². The van der Waals surface area contributed by atoms with Crippen LogP contribution in [-0.4, -0.2) is 5.97 Å². The molecule has 0 heterocycles. The van der Waals surface area contributed by atoms with Gasteiger partial charge in [-0.05, 0) is 25.3 Å². The van der Waals surface area contributed by atoms with E-state index >= 15 is 0 Å². The highest BCUT2D eigenvalue weighted by Crippen LogP contribution is 2.32. The number of carbonyl (C=O) groups excluding carboxylic acids is 1. The van der Waals surface area contributed by atoms with Crippen LogP contribution < -0.4 is 0 Å². The molecule has 0 N–H and O–H groups in total. The molecule has 0 radical (unpaired) electrons. The highest BCUT2D eigenvalue weighted by Gasteiger charge is 2.32. The quantitative estimate of drug-likeness (QED) is 0.432. The first-order valence-electron chi connectivity index (χ1n) is 6.02. The first kappa shape index (κ1) is 14.0. The zero-order valence-corrected chi connectivity index (χ0v) is 10.3. The summed E-state index contributed by atoms with van der Waals surface area (Å²) < 4.78 is 5.03. The standard InChI is InChI=1S/C8H10O2.C7H7N/c9-8(6-4-5-6)10-7-2-1-3-7;1-2-3-4-5-6-7-8/h2,6H,1,3-5H2;2-6H,1H2. The highest BCUT2D eigenvalue weighted by atomic mass is 16.5. The molecule has 2 aliphatic carbocycles. The minimum absolute atomic E-state index is 0.00838. The van der Waals surface area contributed by atoms with Crippen molar-refractivity contribution in [1.29, 1.82) is 5.26 Å². The molecule has 1 saturated carbocycles. The lowest BCUT2D eigenvalue weighted by Gasteiger charge is -2.13. The second kappa shape index (κ2) is 8.08. The summed E-state index contributed by atoms with van der Waals surface area (Å²) in [5, 5.41) is 7.97. The summed E-state index contributed by atoms with van der Waals surface area (Å²) in [6, 6.07) is 1.86. The number of hydrogen-bond donors (Lipinski definition) is 0. The van der Waals surface area contributed by atoms with Crippen molar-refractivity contribution in [3.63, 3.8) is 0 Å². The van der Waals surface area contributed by atoms with Gasteiger partial charge in [-0.1, -0.05) is 30.9 Å². The molecule has 0 aliphatic heterocycles. The van der Waals surface area contributed by atoms with Crippen LogP contribution in [-0.2, 0) is 9.53 Å². The Bertz CT molecular complexity index is 420. The zero-order valence-electron chi connectivity index (χ0n) is 10.3. The van der Waals surface area contributed by atoms with Crippen molar-refractivity contribution in [3.05, 3.63) is 48.8 Å². The fourth-order valence-electron chi connectivity index (χ4n) is 1.13. The molecule has 0 bridgehead atoms. The van der Waals surface area contributed by atoms with Crippen LogP contribution in [0.15, 0.2) is 48.8 Å². The Labute approximate surface area is 108 Å².